The zero-order valence-electron chi connectivity index (χ0n) is 13.8. The molecular formula is C20H21NO3. The van der Waals surface area contributed by atoms with Gasteiger partial charge in [-0.3, -0.25) is 4.79 Å². The zero-order valence-corrected chi connectivity index (χ0v) is 13.8. The summed E-state index contributed by atoms with van der Waals surface area (Å²) in [5.41, 5.74) is 3.44. The van der Waals surface area contributed by atoms with E-state index in [1.54, 1.807) is 0 Å². The third-order valence-corrected chi connectivity index (χ3v) is 4.80. The molecule has 4 nitrogen and oxygen atoms in total. The number of carbonyl (C=O) groups excluding carboxylic acids is 1. The number of carbonyl (C=O) groups is 1. The highest BCUT2D eigenvalue weighted by atomic mass is 16.6. The van der Waals surface area contributed by atoms with E-state index in [1.807, 2.05) is 41.3 Å². The number of anilines is 1. The lowest BCUT2D eigenvalue weighted by molar-refractivity contribution is -0.118. The Bertz CT molecular complexity index is 771. The summed E-state index contributed by atoms with van der Waals surface area (Å²) in [7, 11) is 0. The molecule has 1 unspecified atom stereocenters. The van der Waals surface area contributed by atoms with Gasteiger partial charge < -0.3 is 14.4 Å². The molecule has 0 N–H and O–H groups in total. The van der Waals surface area contributed by atoms with Crippen LogP contribution in [-0.4, -0.2) is 25.7 Å². The smallest absolute Gasteiger partial charge is 0.227 e. The normalized spacial score (nSPS) is 16.6. The van der Waals surface area contributed by atoms with Crippen molar-refractivity contribution in [3.63, 3.8) is 0 Å². The van der Waals surface area contributed by atoms with E-state index in [0.717, 1.165) is 35.7 Å². The maximum absolute atomic E-state index is 12.8. The molecule has 0 fully saturated rings. The van der Waals surface area contributed by atoms with Gasteiger partial charge in [-0.2, -0.15) is 0 Å². The van der Waals surface area contributed by atoms with Crippen LogP contribution >= 0.6 is 0 Å². The van der Waals surface area contributed by atoms with E-state index in [4.69, 9.17) is 9.47 Å². The average molecular weight is 323 g/mol. The van der Waals surface area contributed by atoms with E-state index in [-0.39, 0.29) is 11.8 Å². The average Bonchev–Trinajstić information content (AvgIpc) is 3.05. The molecule has 2 aromatic carbocycles. The van der Waals surface area contributed by atoms with Crippen LogP contribution in [0.4, 0.5) is 5.69 Å². The summed E-state index contributed by atoms with van der Waals surface area (Å²) in [6.45, 7) is 4.04. The van der Waals surface area contributed by atoms with E-state index in [2.05, 4.69) is 13.0 Å². The van der Waals surface area contributed by atoms with Crippen LogP contribution in [-0.2, 0) is 11.2 Å². The second-order valence-electron chi connectivity index (χ2n) is 6.43. The van der Waals surface area contributed by atoms with Gasteiger partial charge in [-0.25, -0.2) is 0 Å². The van der Waals surface area contributed by atoms with E-state index < -0.39 is 0 Å². The third-order valence-electron chi connectivity index (χ3n) is 4.80. The summed E-state index contributed by atoms with van der Waals surface area (Å²) in [6.07, 6.45) is 1.44. The van der Waals surface area contributed by atoms with Gasteiger partial charge in [0.15, 0.2) is 11.5 Å². The molecule has 4 heteroatoms. The van der Waals surface area contributed by atoms with E-state index >= 15 is 0 Å². The number of nitrogens with zero attached hydrogens (tertiary/aromatic N) is 1. The Hall–Kier alpha value is -2.49. The third kappa shape index (κ3) is 2.73. The number of hydrogen-bond donors (Lipinski definition) is 0. The molecule has 2 aliphatic rings. The first kappa shape index (κ1) is 15.1. The highest BCUT2D eigenvalue weighted by Crippen LogP contribution is 2.35. The summed E-state index contributed by atoms with van der Waals surface area (Å²) < 4.78 is 11.2. The van der Waals surface area contributed by atoms with Crippen molar-refractivity contribution in [3.8, 4) is 11.5 Å². The number of hydrogen-bond acceptors (Lipinski definition) is 3. The summed E-state index contributed by atoms with van der Waals surface area (Å²) in [5.74, 6) is 1.89. The van der Waals surface area contributed by atoms with Gasteiger partial charge in [-0.05, 0) is 41.7 Å². The SMILES string of the molecule is CC(CC(=O)N1CCc2ccccc21)c1ccc2c(c1)OCCO2. The molecule has 2 aromatic rings. The van der Waals surface area contributed by atoms with Gasteiger partial charge in [0, 0.05) is 18.7 Å². The lowest BCUT2D eigenvalue weighted by Crippen LogP contribution is -2.29. The summed E-state index contributed by atoms with van der Waals surface area (Å²) in [6, 6.07) is 14.1. The Balaban J connectivity index is 1.48. The van der Waals surface area contributed by atoms with Crippen LogP contribution in [0.2, 0.25) is 0 Å². The van der Waals surface area contributed by atoms with Gasteiger partial charge in [-0.1, -0.05) is 31.2 Å². The quantitative estimate of drug-likeness (QED) is 0.867. The first-order chi connectivity index (χ1) is 11.7. The lowest BCUT2D eigenvalue weighted by Gasteiger charge is -2.22. The Kier molecular flexibility index (Phi) is 3.89. The Morgan fingerprint density at radius 3 is 2.79 bits per heavy atom. The second kappa shape index (κ2) is 6.19. The summed E-state index contributed by atoms with van der Waals surface area (Å²) in [5, 5.41) is 0. The largest absolute Gasteiger partial charge is 0.486 e. The number of fused-ring (bicyclic) bond motifs is 2. The minimum atomic E-state index is 0.140. The van der Waals surface area contributed by atoms with Crippen LogP contribution in [0.5, 0.6) is 11.5 Å². The van der Waals surface area contributed by atoms with Crippen molar-refractivity contribution in [2.45, 2.75) is 25.7 Å². The highest BCUT2D eigenvalue weighted by Gasteiger charge is 2.26. The van der Waals surface area contributed by atoms with Crippen molar-refractivity contribution in [2.75, 3.05) is 24.7 Å². The number of benzene rings is 2. The van der Waals surface area contributed by atoms with Gasteiger partial charge in [0.1, 0.15) is 13.2 Å². The van der Waals surface area contributed by atoms with E-state index in [9.17, 15) is 4.79 Å². The molecular weight excluding hydrogens is 302 g/mol. The Morgan fingerprint density at radius 2 is 1.92 bits per heavy atom. The molecule has 0 saturated heterocycles. The van der Waals surface area contributed by atoms with Crippen LogP contribution in [0, 0.1) is 0 Å². The van der Waals surface area contributed by atoms with Crippen molar-refractivity contribution in [2.24, 2.45) is 0 Å². The van der Waals surface area contributed by atoms with Crippen LogP contribution in [0.3, 0.4) is 0 Å². The summed E-state index contributed by atoms with van der Waals surface area (Å²) >= 11 is 0. The minimum Gasteiger partial charge on any atom is -0.486 e. The fraction of sp³-hybridized carbons (Fsp3) is 0.350. The standard InChI is InChI=1S/C20H21NO3/c1-14(16-6-7-18-19(13-16)24-11-10-23-18)12-20(22)21-9-8-15-4-2-3-5-17(15)21/h2-7,13-14H,8-12H2,1H3. The molecule has 2 heterocycles. The first-order valence-corrected chi connectivity index (χ1v) is 8.50. The zero-order chi connectivity index (χ0) is 16.5. The van der Waals surface area contributed by atoms with Crippen molar-refractivity contribution in [1.29, 1.82) is 0 Å². The van der Waals surface area contributed by atoms with Crippen LogP contribution in [0.25, 0.3) is 0 Å². The maximum Gasteiger partial charge on any atom is 0.227 e. The highest BCUT2D eigenvalue weighted by molar-refractivity contribution is 5.95. The summed E-state index contributed by atoms with van der Waals surface area (Å²) in [4.78, 5) is 14.7. The number of rotatable bonds is 3. The van der Waals surface area contributed by atoms with Gasteiger partial charge >= 0.3 is 0 Å². The molecule has 24 heavy (non-hydrogen) atoms. The van der Waals surface area contributed by atoms with Crippen LogP contribution in [0.15, 0.2) is 42.5 Å². The molecule has 1 amide bonds. The van der Waals surface area contributed by atoms with Crippen molar-refractivity contribution < 1.29 is 14.3 Å². The fourth-order valence-electron chi connectivity index (χ4n) is 3.45. The molecule has 0 bridgehead atoms. The van der Waals surface area contributed by atoms with Crippen LogP contribution in [0.1, 0.15) is 30.4 Å². The van der Waals surface area contributed by atoms with Crippen molar-refractivity contribution in [3.05, 3.63) is 53.6 Å². The molecule has 124 valence electrons. The predicted molar refractivity (Wildman–Crippen MR) is 93.0 cm³/mol. The fourth-order valence-corrected chi connectivity index (χ4v) is 3.45. The molecule has 1 atom stereocenters. The maximum atomic E-state index is 12.8. The van der Waals surface area contributed by atoms with Crippen molar-refractivity contribution >= 4 is 11.6 Å². The van der Waals surface area contributed by atoms with Gasteiger partial charge in [0.05, 0.1) is 0 Å². The van der Waals surface area contributed by atoms with Gasteiger partial charge in [0.25, 0.3) is 0 Å². The van der Waals surface area contributed by atoms with Gasteiger partial charge in [0.2, 0.25) is 5.91 Å². The molecule has 0 aromatic heterocycles. The van der Waals surface area contributed by atoms with E-state index in [0.29, 0.717) is 19.6 Å². The number of amides is 1. The van der Waals surface area contributed by atoms with Crippen molar-refractivity contribution in [1.82, 2.24) is 0 Å². The minimum absolute atomic E-state index is 0.140. The number of para-hydroxylation sites is 1. The Labute approximate surface area is 142 Å². The lowest BCUT2D eigenvalue weighted by atomic mass is 9.96. The van der Waals surface area contributed by atoms with Gasteiger partial charge in [-0.15, -0.1) is 0 Å². The molecule has 4 rings (SSSR count). The predicted octanol–water partition coefficient (Wildman–Crippen LogP) is 3.54. The molecule has 0 spiro atoms. The second-order valence-corrected chi connectivity index (χ2v) is 6.43. The molecule has 0 saturated carbocycles. The Morgan fingerprint density at radius 1 is 1.12 bits per heavy atom. The first-order valence-electron chi connectivity index (χ1n) is 8.50. The molecule has 0 aliphatic carbocycles. The monoisotopic (exact) mass is 323 g/mol. The van der Waals surface area contributed by atoms with Crippen LogP contribution < -0.4 is 14.4 Å². The van der Waals surface area contributed by atoms with E-state index in [1.165, 1.54) is 5.56 Å². The number of ether oxygens (including phenoxy) is 2. The molecule has 2 aliphatic heterocycles. The topological polar surface area (TPSA) is 38.8 Å². The molecule has 0 radical (unpaired) electrons.